The highest BCUT2D eigenvalue weighted by molar-refractivity contribution is 7.07. The van der Waals surface area contributed by atoms with Crippen molar-refractivity contribution < 1.29 is 23.7 Å². The highest BCUT2D eigenvalue weighted by Crippen LogP contribution is 2.38. The Morgan fingerprint density at radius 3 is 2.43 bits per heavy atom. The van der Waals surface area contributed by atoms with E-state index in [0.29, 0.717) is 49.5 Å². The molecule has 1 aliphatic heterocycles. The molecule has 0 bridgehead atoms. The van der Waals surface area contributed by atoms with E-state index in [4.69, 9.17) is 35.5 Å². The summed E-state index contributed by atoms with van der Waals surface area (Å²) in [4.78, 5) is 33.4. The first-order valence-corrected chi connectivity index (χ1v) is 16.1. The number of carbonyl (C=O) groups excluding carboxylic acids is 1. The van der Waals surface area contributed by atoms with Gasteiger partial charge in [0.05, 0.1) is 42.7 Å². The molecule has 8 nitrogen and oxygen atoms in total. The number of ether oxygens (including phenoxy) is 4. The summed E-state index contributed by atoms with van der Waals surface area (Å²) in [6, 6.07) is 28.9. The Kier molecular flexibility index (Phi) is 9.56. The second-order valence-electron chi connectivity index (χ2n) is 10.5. The first-order valence-electron chi connectivity index (χ1n) is 14.9. The molecule has 6 rings (SSSR count). The summed E-state index contributed by atoms with van der Waals surface area (Å²) in [5.74, 6) is 1.08. The fourth-order valence-electron chi connectivity index (χ4n) is 5.37. The van der Waals surface area contributed by atoms with Gasteiger partial charge in [0, 0.05) is 10.6 Å². The maximum Gasteiger partial charge on any atom is 0.338 e. The zero-order valence-corrected chi connectivity index (χ0v) is 27.5. The number of hydrogen-bond acceptors (Lipinski definition) is 8. The zero-order valence-electron chi connectivity index (χ0n) is 25.9. The van der Waals surface area contributed by atoms with E-state index in [2.05, 4.69) is 0 Å². The Labute approximate surface area is 280 Å². The minimum absolute atomic E-state index is 0.157. The molecule has 47 heavy (non-hydrogen) atoms. The lowest BCUT2D eigenvalue weighted by molar-refractivity contribution is -0.138. The topological polar surface area (TPSA) is 88.4 Å². The Balaban J connectivity index is 1.50. The molecule has 2 heterocycles. The number of benzene rings is 4. The van der Waals surface area contributed by atoms with Crippen LogP contribution < -0.4 is 29.1 Å². The predicted molar refractivity (Wildman–Crippen MR) is 183 cm³/mol. The molecule has 1 aromatic heterocycles. The summed E-state index contributed by atoms with van der Waals surface area (Å²) in [5, 5.41) is 0.663. The van der Waals surface area contributed by atoms with Gasteiger partial charge < -0.3 is 18.9 Å². The number of halogens is 1. The van der Waals surface area contributed by atoms with Crippen molar-refractivity contribution in [2.45, 2.75) is 19.6 Å². The molecular weight excluding hydrogens is 636 g/mol. The smallest absolute Gasteiger partial charge is 0.338 e. The van der Waals surface area contributed by atoms with Crippen LogP contribution in [-0.4, -0.2) is 31.4 Å². The first kappa shape index (κ1) is 31.8. The summed E-state index contributed by atoms with van der Waals surface area (Å²) in [6.45, 7) is 2.27. The van der Waals surface area contributed by atoms with Crippen LogP contribution in [0.5, 0.6) is 17.2 Å². The summed E-state index contributed by atoms with van der Waals surface area (Å²) in [7, 11) is 3.09. The van der Waals surface area contributed by atoms with Crippen molar-refractivity contribution in [2.75, 3.05) is 20.8 Å². The molecule has 0 radical (unpaired) electrons. The molecule has 0 saturated carbocycles. The fraction of sp³-hybridized carbons (Fsp3) is 0.162. The third kappa shape index (κ3) is 6.72. The van der Waals surface area contributed by atoms with Crippen LogP contribution in [0.4, 0.5) is 0 Å². The van der Waals surface area contributed by atoms with Crippen molar-refractivity contribution in [3.05, 3.63) is 150 Å². The number of rotatable bonds is 10. The minimum atomic E-state index is -0.850. The van der Waals surface area contributed by atoms with E-state index in [0.717, 1.165) is 16.7 Å². The van der Waals surface area contributed by atoms with Crippen molar-refractivity contribution >= 4 is 40.7 Å². The average Bonchev–Trinajstić information content (AvgIpc) is 3.41. The number of esters is 1. The lowest BCUT2D eigenvalue weighted by Gasteiger charge is -2.26. The zero-order chi connectivity index (χ0) is 32.9. The number of thiazole rings is 1. The van der Waals surface area contributed by atoms with Crippen LogP contribution in [0.1, 0.15) is 35.2 Å². The van der Waals surface area contributed by atoms with Gasteiger partial charge in [0.2, 0.25) is 0 Å². The van der Waals surface area contributed by atoms with Crippen molar-refractivity contribution in [1.82, 2.24) is 4.57 Å². The maximum atomic E-state index is 14.3. The molecule has 0 aliphatic carbocycles. The van der Waals surface area contributed by atoms with Crippen molar-refractivity contribution in [2.24, 2.45) is 4.99 Å². The van der Waals surface area contributed by atoms with Gasteiger partial charge >= 0.3 is 5.97 Å². The van der Waals surface area contributed by atoms with Gasteiger partial charge in [-0.1, -0.05) is 83.6 Å². The van der Waals surface area contributed by atoms with E-state index in [1.54, 1.807) is 36.8 Å². The Morgan fingerprint density at radius 2 is 1.70 bits per heavy atom. The number of aromatic nitrogens is 1. The molecule has 0 amide bonds. The van der Waals surface area contributed by atoms with Gasteiger partial charge in [-0.25, -0.2) is 9.79 Å². The number of fused-ring (bicyclic) bond motifs is 1. The number of nitrogens with zero attached hydrogens (tertiary/aromatic N) is 2. The fourth-order valence-corrected chi connectivity index (χ4v) is 6.50. The summed E-state index contributed by atoms with van der Waals surface area (Å²) in [5.41, 5.74) is 3.52. The largest absolute Gasteiger partial charge is 0.493 e. The lowest BCUT2D eigenvalue weighted by Crippen LogP contribution is -2.40. The Morgan fingerprint density at radius 1 is 0.936 bits per heavy atom. The van der Waals surface area contributed by atoms with Crippen molar-refractivity contribution in [3.63, 3.8) is 0 Å². The standard InChI is InChI=1S/C37H31ClN2O6S/c1-4-45-36(42)32-33(25-10-6-5-7-11-25)39-37-40(34(32)26-15-18-29(43-2)30(21-26)44-3)35(41)31(47-37)20-24-9-8-12-28(19-24)46-22-23-13-16-27(38)17-14-23/h5-21,34H,4,22H2,1-3H3/b31-20+/t34-/m0/s1. The second kappa shape index (κ2) is 14.1. The predicted octanol–water partition coefficient (Wildman–Crippen LogP) is 6.19. The van der Waals surface area contributed by atoms with Crippen LogP contribution in [-0.2, 0) is 16.1 Å². The van der Waals surface area contributed by atoms with Gasteiger partial charge in [-0.2, -0.15) is 0 Å². The third-order valence-electron chi connectivity index (χ3n) is 7.57. The Hall–Kier alpha value is -5.12. The van der Waals surface area contributed by atoms with Crippen molar-refractivity contribution in [1.29, 1.82) is 0 Å². The molecule has 0 N–H and O–H groups in total. The minimum Gasteiger partial charge on any atom is -0.493 e. The van der Waals surface area contributed by atoms with Crippen molar-refractivity contribution in [3.8, 4) is 17.2 Å². The van der Waals surface area contributed by atoms with Gasteiger partial charge in [0.25, 0.3) is 5.56 Å². The van der Waals surface area contributed by atoms with E-state index < -0.39 is 12.0 Å². The molecule has 238 valence electrons. The monoisotopic (exact) mass is 666 g/mol. The van der Waals surface area contributed by atoms with E-state index in [-0.39, 0.29) is 17.7 Å². The van der Waals surface area contributed by atoms with E-state index in [1.807, 2.05) is 84.9 Å². The van der Waals surface area contributed by atoms with Gasteiger partial charge in [0.1, 0.15) is 12.4 Å². The molecule has 5 aromatic rings. The van der Waals surface area contributed by atoms with E-state index in [1.165, 1.54) is 18.4 Å². The first-order chi connectivity index (χ1) is 22.9. The highest BCUT2D eigenvalue weighted by atomic mass is 35.5. The van der Waals surface area contributed by atoms with Gasteiger partial charge in [0.15, 0.2) is 16.3 Å². The molecular formula is C37H31ClN2O6S. The molecule has 0 spiro atoms. The SMILES string of the molecule is CCOC(=O)C1=C(c2ccccc2)N=c2s/c(=C/c3cccc(OCc4ccc(Cl)cc4)c3)c(=O)n2[C@H]1c1ccc(OC)c(OC)c1. The molecule has 1 atom stereocenters. The van der Waals surface area contributed by atoms with E-state index in [9.17, 15) is 9.59 Å². The summed E-state index contributed by atoms with van der Waals surface area (Å²) in [6.07, 6.45) is 1.81. The van der Waals surface area contributed by atoms with Crippen LogP contribution in [0.3, 0.4) is 0 Å². The molecule has 0 unspecified atom stereocenters. The van der Waals surface area contributed by atoms with Crippen LogP contribution in [0, 0.1) is 0 Å². The molecule has 1 aliphatic rings. The Bertz CT molecular complexity index is 2140. The van der Waals surface area contributed by atoms with Crippen LogP contribution in [0.25, 0.3) is 11.8 Å². The van der Waals surface area contributed by atoms with Crippen LogP contribution >= 0.6 is 22.9 Å². The third-order valence-corrected chi connectivity index (χ3v) is 8.81. The number of carbonyl (C=O) groups is 1. The second-order valence-corrected chi connectivity index (χ2v) is 12.0. The van der Waals surface area contributed by atoms with Gasteiger partial charge in [-0.15, -0.1) is 0 Å². The van der Waals surface area contributed by atoms with Crippen LogP contribution in [0.2, 0.25) is 5.02 Å². The summed E-state index contributed by atoms with van der Waals surface area (Å²) < 4.78 is 24.7. The number of methoxy groups -OCH3 is 2. The molecule has 0 fully saturated rings. The average molecular weight is 667 g/mol. The molecule has 4 aromatic carbocycles. The van der Waals surface area contributed by atoms with Crippen LogP contribution in [0.15, 0.2) is 112 Å². The number of hydrogen-bond donors (Lipinski definition) is 0. The molecule has 0 saturated heterocycles. The van der Waals surface area contributed by atoms with Gasteiger partial charge in [-0.05, 0) is 66.1 Å². The summed E-state index contributed by atoms with van der Waals surface area (Å²) >= 11 is 7.26. The molecule has 10 heteroatoms. The normalized spacial score (nSPS) is 14.3. The van der Waals surface area contributed by atoms with Gasteiger partial charge in [-0.3, -0.25) is 9.36 Å². The van der Waals surface area contributed by atoms with E-state index >= 15 is 0 Å². The maximum absolute atomic E-state index is 14.3. The lowest BCUT2D eigenvalue weighted by atomic mass is 9.93. The quantitative estimate of drug-likeness (QED) is 0.165. The highest BCUT2D eigenvalue weighted by Gasteiger charge is 2.35.